The van der Waals surface area contributed by atoms with E-state index in [-0.39, 0.29) is 48.7 Å². The van der Waals surface area contributed by atoms with E-state index < -0.39 is 63.3 Å². The summed E-state index contributed by atoms with van der Waals surface area (Å²) in [7, 11) is -1.17. The Morgan fingerprint density at radius 1 is 0.661 bits per heavy atom. The lowest BCUT2D eigenvalue weighted by Crippen LogP contribution is -2.69. The third-order valence-corrected chi connectivity index (χ3v) is 15.7. The van der Waals surface area contributed by atoms with E-state index in [1.165, 1.54) is 31.1 Å². The molecule has 1 N–H and O–H groups in total. The predicted octanol–water partition coefficient (Wildman–Crippen LogP) is 3.67. The summed E-state index contributed by atoms with van der Waals surface area (Å²) in [6.07, 6.45) is 1.46. The third-order valence-electron chi connectivity index (χ3n) is 13.9. The molecular weight excluding hydrogens is 773 g/mol. The third kappa shape index (κ3) is 5.39. The predicted molar refractivity (Wildman–Crippen MR) is 219 cm³/mol. The minimum atomic E-state index is -4.42. The highest BCUT2D eigenvalue weighted by Crippen LogP contribution is 2.71. The van der Waals surface area contributed by atoms with Gasteiger partial charge in [-0.1, -0.05) is 81.3 Å². The number of nitrogens with one attached hydrogen (secondary N) is 1. The highest BCUT2D eigenvalue weighted by molar-refractivity contribution is 7.93. The molecule has 0 aliphatic carbocycles. The number of carbonyl (C=O) groups excluding carboxylic acids is 4. The molecular formula is C44H52N6O8S. The molecule has 0 saturated carbocycles. The molecule has 3 aromatic carbocycles. The minimum Gasteiger partial charge on any atom is -0.379 e. The Balaban J connectivity index is 1.28. The number of fused-ring (bicyclic) bond motifs is 11. The highest BCUT2D eigenvalue weighted by Gasteiger charge is 2.80. The molecule has 4 amide bonds. The zero-order valence-corrected chi connectivity index (χ0v) is 34.8. The number of rotatable bonds is 13. The lowest BCUT2D eigenvalue weighted by atomic mass is 9.54. The van der Waals surface area contributed by atoms with Gasteiger partial charge in [0.05, 0.1) is 34.6 Å². The molecule has 59 heavy (non-hydrogen) atoms. The topological polar surface area (TPSA) is 149 Å². The van der Waals surface area contributed by atoms with Crippen molar-refractivity contribution in [3.05, 3.63) is 90.0 Å². The van der Waals surface area contributed by atoms with Gasteiger partial charge in [-0.3, -0.25) is 19.2 Å². The number of likely N-dealkylation sites (N-methyl/N-ethyl adjacent to an activating group) is 2. The Morgan fingerprint density at radius 3 is 1.81 bits per heavy atom. The van der Waals surface area contributed by atoms with Gasteiger partial charge < -0.3 is 34.4 Å². The number of sulfonamides is 1. The van der Waals surface area contributed by atoms with Crippen molar-refractivity contribution in [1.82, 2.24) is 19.6 Å². The van der Waals surface area contributed by atoms with E-state index in [9.17, 15) is 14.4 Å². The maximum atomic E-state index is 15.4. The quantitative estimate of drug-likeness (QED) is 0.255. The molecule has 15 heteroatoms. The second-order valence-electron chi connectivity index (χ2n) is 16.8. The van der Waals surface area contributed by atoms with Crippen LogP contribution in [0.5, 0.6) is 0 Å². The minimum absolute atomic E-state index is 0.0298. The van der Waals surface area contributed by atoms with Gasteiger partial charge in [-0.15, -0.1) is 0 Å². The van der Waals surface area contributed by atoms with E-state index >= 15 is 13.2 Å². The average Bonchev–Trinajstić information content (AvgIpc) is 3.96. The molecule has 4 saturated heterocycles. The van der Waals surface area contributed by atoms with Crippen molar-refractivity contribution < 1.29 is 37.1 Å². The fourth-order valence-corrected chi connectivity index (χ4v) is 12.8. The number of carbonyl (C=O) groups is 4. The molecule has 0 bridgehead atoms. The first-order valence-corrected chi connectivity index (χ1v) is 22.3. The SMILES string of the molecule is CCCCOC[C@H]1C(=O)N2[C@H]3Nc4ccccc4[C@@]3(C34C[C@H]5C(=O)N(C)[C@@H](COCCCC)C(=O)N5[C@H]3N(S(=O)(=O)c3ccccc3)c3ccccc34)C[C@H]2C(=O)N1C. The van der Waals surface area contributed by atoms with E-state index in [4.69, 9.17) is 9.47 Å². The van der Waals surface area contributed by atoms with Crippen LogP contribution >= 0.6 is 0 Å². The van der Waals surface area contributed by atoms with Crippen molar-refractivity contribution in [3.8, 4) is 0 Å². The van der Waals surface area contributed by atoms with Crippen LogP contribution in [0.2, 0.25) is 0 Å². The second-order valence-corrected chi connectivity index (χ2v) is 18.6. The molecule has 8 atom stereocenters. The summed E-state index contributed by atoms with van der Waals surface area (Å²) >= 11 is 0. The van der Waals surface area contributed by atoms with Crippen molar-refractivity contribution in [1.29, 1.82) is 0 Å². The summed E-state index contributed by atoms with van der Waals surface area (Å²) in [5.41, 5.74) is -0.0203. The molecule has 312 valence electrons. The first-order chi connectivity index (χ1) is 28.5. The normalized spacial score (nSPS) is 30.6. The summed E-state index contributed by atoms with van der Waals surface area (Å²) in [6, 6.07) is 19.3. The molecule has 6 aliphatic heterocycles. The van der Waals surface area contributed by atoms with Crippen molar-refractivity contribution in [3.63, 3.8) is 0 Å². The molecule has 6 heterocycles. The fraction of sp³-hybridized carbons (Fsp3) is 0.500. The van der Waals surface area contributed by atoms with E-state index in [0.29, 0.717) is 24.5 Å². The number of anilines is 2. The lowest BCUT2D eigenvalue weighted by molar-refractivity contribution is -0.162. The van der Waals surface area contributed by atoms with Crippen LogP contribution in [0.25, 0.3) is 0 Å². The zero-order chi connectivity index (χ0) is 41.4. The monoisotopic (exact) mass is 824 g/mol. The van der Waals surface area contributed by atoms with Gasteiger partial charge in [-0.25, -0.2) is 12.7 Å². The Hall–Kier alpha value is -4.99. The molecule has 0 aromatic heterocycles. The van der Waals surface area contributed by atoms with Gasteiger partial charge in [-0.05, 0) is 61.1 Å². The highest BCUT2D eigenvalue weighted by atomic mass is 32.2. The number of hydrogen-bond acceptors (Lipinski definition) is 9. The molecule has 9 rings (SSSR count). The molecule has 0 spiro atoms. The van der Waals surface area contributed by atoms with E-state index in [2.05, 4.69) is 12.2 Å². The first-order valence-electron chi connectivity index (χ1n) is 20.9. The number of amides is 4. The number of para-hydroxylation sites is 2. The second kappa shape index (κ2) is 14.6. The molecule has 3 aromatic rings. The molecule has 6 aliphatic rings. The summed E-state index contributed by atoms with van der Waals surface area (Å²) in [5.74, 6) is -1.26. The van der Waals surface area contributed by atoms with Gasteiger partial charge in [-0.2, -0.15) is 0 Å². The van der Waals surface area contributed by atoms with Gasteiger partial charge in [0.25, 0.3) is 10.0 Å². The summed E-state index contributed by atoms with van der Waals surface area (Å²) in [6.45, 7) is 4.94. The largest absolute Gasteiger partial charge is 0.379 e. The van der Waals surface area contributed by atoms with Crippen LogP contribution in [0.15, 0.2) is 83.8 Å². The number of benzene rings is 3. The average molecular weight is 825 g/mol. The number of unbranched alkanes of at least 4 members (excludes halogenated alkanes) is 2. The number of nitrogens with zero attached hydrogens (tertiary/aromatic N) is 5. The van der Waals surface area contributed by atoms with Crippen LogP contribution in [0.3, 0.4) is 0 Å². The summed E-state index contributed by atoms with van der Waals surface area (Å²) < 4.78 is 44.1. The Morgan fingerprint density at radius 2 is 1.19 bits per heavy atom. The van der Waals surface area contributed by atoms with Crippen LogP contribution in [-0.4, -0.2) is 129 Å². The van der Waals surface area contributed by atoms with Crippen LogP contribution < -0.4 is 9.62 Å². The standard InChI is InChI=1S/C44H52N6O8S/c1-5-7-22-57-26-35-39(53)48-33(37(51)46(35)3)24-43(29-18-12-14-20-31(29)45-41(43)48)44-25-34-38(52)47(4)36(27-58-23-8-6-2)40(54)49(34)42(44)50(32-21-15-13-19-30(32)44)59(55,56)28-16-10-9-11-17-28/h9-21,33-36,41-42,45H,5-8,22-27H2,1-4H3/t33-,34-,35-,36-,41+,42-,43-,44?/m0/s1. The molecule has 0 radical (unpaired) electrons. The van der Waals surface area contributed by atoms with Gasteiger partial charge in [0, 0.05) is 33.0 Å². The van der Waals surface area contributed by atoms with Crippen molar-refractivity contribution in [2.75, 3.05) is 50.1 Å². The zero-order valence-electron chi connectivity index (χ0n) is 34.0. The van der Waals surface area contributed by atoms with Gasteiger partial charge in [0.1, 0.15) is 36.5 Å². The molecule has 4 fully saturated rings. The Kier molecular flexibility index (Phi) is 9.79. The van der Waals surface area contributed by atoms with Crippen LogP contribution in [0, 0.1) is 0 Å². The van der Waals surface area contributed by atoms with E-state index in [1.807, 2.05) is 43.3 Å². The molecule has 14 nitrogen and oxygen atoms in total. The Labute approximate surface area is 345 Å². The van der Waals surface area contributed by atoms with Crippen LogP contribution in [0.1, 0.15) is 63.5 Å². The van der Waals surface area contributed by atoms with Gasteiger partial charge >= 0.3 is 0 Å². The van der Waals surface area contributed by atoms with Gasteiger partial charge in [0.15, 0.2) is 0 Å². The van der Waals surface area contributed by atoms with Crippen molar-refractivity contribution in [2.45, 2.75) is 105 Å². The number of ether oxygens (including phenoxy) is 2. The summed E-state index contributed by atoms with van der Waals surface area (Å²) in [4.78, 5) is 66.0. The van der Waals surface area contributed by atoms with Crippen molar-refractivity contribution >= 4 is 45.0 Å². The van der Waals surface area contributed by atoms with E-state index in [1.54, 1.807) is 49.3 Å². The van der Waals surface area contributed by atoms with Crippen molar-refractivity contribution in [2.24, 2.45) is 0 Å². The first kappa shape index (κ1) is 39.5. The lowest BCUT2D eigenvalue weighted by Gasteiger charge is -2.50. The Bertz CT molecular complexity index is 2290. The maximum Gasteiger partial charge on any atom is 0.266 e. The molecule has 1 unspecified atom stereocenters. The number of hydrogen-bond donors (Lipinski definition) is 1. The fourth-order valence-electron chi connectivity index (χ4n) is 11.1. The van der Waals surface area contributed by atoms with Crippen LogP contribution in [0.4, 0.5) is 11.4 Å². The van der Waals surface area contributed by atoms with E-state index in [0.717, 1.165) is 36.9 Å². The number of piperazine rings is 2. The smallest absolute Gasteiger partial charge is 0.266 e. The van der Waals surface area contributed by atoms with Crippen LogP contribution in [-0.2, 0) is 49.5 Å². The summed E-state index contributed by atoms with van der Waals surface area (Å²) in [5, 5.41) is 3.67. The van der Waals surface area contributed by atoms with Gasteiger partial charge in [0.2, 0.25) is 23.6 Å². The maximum absolute atomic E-state index is 15.4.